The summed E-state index contributed by atoms with van der Waals surface area (Å²) in [4.78, 5) is 0. The van der Waals surface area contributed by atoms with E-state index in [1.54, 1.807) is 0 Å². The van der Waals surface area contributed by atoms with Crippen molar-refractivity contribution in [2.45, 2.75) is 26.1 Å². The Labute approximate surface area is 102 Å². The molecule has 0 fully saturated rings. The van der Waals surface area contributed by atoms with E-state index in [1.165, 1.54) is 0 Å². The molecule has 0 saturated heterocycles. The number of aliphatic hydroxyl groups excluding tert-OH is 2. The molecule has 1 aromatic rings. The Morgan fingerprint density at radius 1 is 1.35 bits per heavy atom. The van der Waals surface area contributed by atoms with E-state index < -0.39 is 6.10 Å². The molecule has 0 radical (unpaired) electrons. The molecule has 1 rings (SSSR count). The van der Waals surface area contributed by atoms with Crippen LogP contribution in [0.5, 0.6) is 0 Å². The third kappa shape index (κ3) is 5.13. The third-order valence-corrected chi connectivity index (χ3v) is 2.45. The lowest BCUT2D eigenvalue weighted by Crippen LogP contribution is -2.19. The van der Waals surface area contributed by atoms with Gasteiger partial charge in [0.05, 0.1) is 19.8 Å². The number of rotatable bonds is 7. The van der Waals surface area contributed by atoms with E-state index in [1.807, 2.05) is 43.3 Å². The summed E-state index contributed by atoms with van der Waals surface area (Å²) in [6.07, 6.45) is 1.90. The first-order chi connectivity index (χ1) is 8.27. The maximum absolute atomic E-state index is 9.55. The Kier molecular flexibility index (Phi) is 6.55. The number of hydrogen-bond acceptors (Lipinski definition) is 3. The zero-order valence-corrected chi connectivity index (χ0v) is 10.2. The van der Waals surface area contributed by atoms with Gasteiger partial charge in [0.15, 0.2) is 0 Å². The monoisotopic (exact) mass is 236 g/mol. The molecular weight excluding hydrogens is 216 g/mol. The number of aliphatic hydroxyl groups is 2. The van der Waals surface area contributed by atoms with Gasteiger partial charge in [-0.05, 0) is 17.6 Å². The van der Waals surface area contributed by atoms with Crippen LogP contribution in [0.25, 0.3) is 0 Å². The van der Waals surface area contributed by atoms with E-state index in [4.69, 9.17) is 9.84 Å². The molecule has 0 heterocycles. The second-order valence-corrected chi connectivity index (χ2v) is 3.86. The van der Waals surface area contributed by atoms with Gasteiger partial charge in [-0.1, -0.05) is 43.3 Å². The van der Waals surface area contributed by atoms with Crippen LogP contribution in [0.2, 0.25) is 0 Å². The fraction of sp³-hybridized carbons (Fsp3) is 0.429. The summed E-state index contributed by atoms with van der Waals surface area (Å²) >= 11 is 0. The molecule has 0 aliphatic heterocycles. The molecule has 0 amide bonds. The normalized spacial score (nSPS) is 13.7. The van der Waals surface area contributed by atoms with E-state index in [9.17, 15) is 5.11 Å². The van der Waals surface area contributed by atoms with Gasteiger partial charge in [0.2, 0.25) is 0 Å². The average molecular weight is 236 g/mol. The van der Waals surface area contributed by atoms with Crippen LogP contribution in [0.15, 0.2) is 42.0 Å². The van der Waals surface area contributed by atoms with Crippen LogP contribution in [0, 0.1) is 0 Å². The first-order valence-electron chi connectivity index (χ1n) is 5.87. The molecule has 0 saturated carbocycles. The van der Waals surface area contributed by atoms with Crippen molar-refractivity contribution >= 4 is 0 Å². The zero-order chi connectivity index (χ0) is 12.5. The minimum absolute atomic E-state index is 0.263. The number of hydrogen-bond donors (Lipinski definition) is 2. The Bertz CT molecular complexity index is 333. The van der Waals surface area contributed by atoms with Crippen molar-refractivity contribution in [1.29, 1.82) is 0 Å². The van der Waals surface area contributed by atoms with Crippen LogP contribution in [0.4, 0.5) is 0 Å². The van der Waals surface area contributed by atoms with E-state index in [-0.39, 0.29) is 6.61 Å². The van der Waals surface area contributed by atoms with Crippen LogP contribution in [-0.4, -0.2) is 29.5 Å². The molecule has 0 aliphatic rings. The lowest BCUT2D eigenvalue weighted by Gasteiger charge is -2.13. The molecule has 0 spiro atoms. The van der Waals surface area contributed by atoms with Gasteiger partial charge < -0.3 is 14.9 Å². The second kappa shape index (κ2) is 8.01. The molecule has 3 heteroatoms. The van der Waals surface area contributed by atoms with Gasteiger partial charge in [0, 0.05) is 0 Å². The van der Waals surface area contributed by atoms with Crippen LogP contribution in [0.1, 0.15) is 18.9 Å². The molecule has 0 aromatic heterocycles. The van der Waals surface area contributed by atoms with Gasteiger partial charge >= 0.3 is 0 Å². The quantitative estimate of drug-likeness (QED) is 0.711. The Morgan fingerprint density at radius 3 is 2.65 bits per heavy atom. The summed E-state index contributed by atoms with van der Waals surface area (Å²) in [7, 11) is 0. The van der Waals surface area contributed by atoms with Crippen LogP contribution in [-0.2, 0) is 11.3 Å². The van der Waals surface area contributed by atoms with Crippen molar-refractivity contribution in [2.24, 2.45) is 0 Å². The molecule has 3 nitrogen and oxygen atoms in total. The number of allylic oxidation sites excluding steroid dienone is 1. The standard InChI is InChI=1S/C14H20O3/c1-2-6-13(14(16)9-15)11-17-10-12-7-4-3-5-8-12/h3-8,14-16H,2,9-11H2,1H3/b13-6+/t14-/m0/s1. The molecular formula is C14H20O3. The minimum atomic E-state index is -0.814. The molecule has 0 aliphatic carbocycles. The van der Waals surface area contributed by atoms with Gasteiger partial charge in [-0.25, -0.2) is 0 Å². The lowest BCUT2D eigenvalue weighted by atomic mass is 10.1. The summed E-state index contributed by atoms with van der Waals surface area (Å²) in [5.41, 5.74) is 1.84. The topological polar surface area (TPSA) is 49.7 Å². The van der Waals surface area contributed by atoms with Gasteiger partial charge in [0.25, 0.3) is 0 Å². The van der Waals surface area contributed by atoms with E-state index in [0.29, 0.717) is 13.2 Å². The molecule has 94 valence electrons. The summed E-state index contributed by atoms with van der Waals surface area (Å²) in [6.45, 7) is 2.59. The number of ether oxygens (including phenoxy) is 1. The highest BCUT2D eigenvalue weighted by molar-refractivity contribution is 5.14. The number of benzene rings is 1. The summed E-state index contributed by atoms with van der Waals surface area (Å²) in [5, 5.41) is 18.4. The predicted octanol–water partition coefficient (Wildman–Crippen LogP) is 1.89. The maximum Gasteiger partial charge on any atom is 0.100 e. The first-order valence-corrected chi connectivity index (χ1v) is 5.87. The largest absolute Gasteiger partial charge is 0.393 e. The fourth-order valence-electron chi connectivity index (χ4n) is 1.53. The Morgan fingerprint density at radius 2 is 2.06 bits per heavy atom. The molecule has 1 aromatic carbocycles. The highest BCUT2D eigenvalue weighted by Crippen LogP contribution is 2.07. The first kappa shape index (κ1) is 13.9. The Balaban J connectivity index is 2.40. The van der Waals surface area contributed by atoms with Gasteiger partial charge in [0.1, 0.15) is 6.10 Å². The highest BCUT2D eigenvalue weighted by Gasteiger charge is 2.08. The van der Waals surface area contributed by atoms with Crippen molar-refractivity contribution in [2.75, 3.05) is 13.2 Å². The molecule has 1 atom stereocenters. The van der Waals surface area contributed by atoms with Crippen LogP contribution < -0.4 is 0 Å². The summed E-state index contributed by atoms with van der Waals surface area (Å²) in [6, 6.07) is 9.87. The third-order valence-electron chi connectivity index (χ3n) is 2.45. The van der Waals surface area contributed by atoms with Crippen molar-refractivity contribution in [1.82, 2.24) is 0 Å². The van der Waals surface area contributed by atoms with Gasteiger partial charge in [-0.15, -0.1) is 0 Å². The van der Waals surface area contributed by atoms with Gasteiger partial charge in [-0.2, -0.15) is 0 Å². The second-order valence-electron chi connectivity index (χ2n) is 3.86. The van der Waals surface area contributed by atoms with Crippen LogP contribution >= 0.6 is 0 Å². The van der Waals surface area contributed by atoms with Crippen molar-refractivity contribution in [3.8, 4) is 0 Å². The van der Waals surface area contributed by atoms with Gasteiger partial charge in [-0.3, -0.25) is 0 Å². The summed E-state index contributed by atoms with van der Waals surface area (Å²) < 4.78 is 5.52. The highest BCUT2D eigenvalue weighted by atomic mass is 16.5. The minimum Gasteiger partial charge on any atom is -0.393 e. The zero-order valence-electron chi connectivity index (χ0n) is 10.2. The molecule has 0 unspecified atom stereocenters. The van der Waals surface area contributed by atoms with Crippen molar-refractivity contribution < 1.29 is 14.9 Å². The van der Waals surface area contributed by atoms with Crippen molar-refractivity contribution in [3.63, 3.8) is 0 Å². The SMILES string of the molecule is CC/C=C(\COCc1ccccc1)[C@@H](O)CO. The van der Waals surface area contributed by atoms with Crippen molar-refractivity contribution in [3.05, 3.63) is 47.5 Å². The molecule has 2 N–H and O–H groups in total. The van der Waals surface area contributed by atoms with E-state index >= 15 is 0 Å². The summed E-state index contributed by atoms with van der Waals surface area (Å²) in [5.74, 6) is 0. The lowest BCUT2D eigenvalue weighted by molar-refractivity contribution is 0.0860. The Hall–Kier alpha value is -1.16. The molecule has 17 heavy (non-hydrogen) atoms. The van der Waals surface area contributed by atoms with E-state index in [2.05, 4.69) is 0 Å². The predicted molar refractivity (Wildman–Crippen MR) is 67.6 cm³/mol. The van der Waals surface area contributed by atoms with Crippen LogP contribution in [0.3, 0.4) is 0 Å². The average Bonchev–Trinajstić information content (AvgIpc) is 2.38. The smallest absolute Gasteiger partial charge is 0.100 e. The fourth-order valence-corrected chi connectivity index (χ4v) is 1.53. The maximum atomic E-state index is 9.55. The van der Waals surface area contributed by atoms with E-state index in [0.717, 1.165) is 17.6 Å². The molecule has 0 bridgehead atoms.